The second-order valence-corrected chi connectivity index (χ2v) is 7.61. The van der Waals surface area contributed by atoms with Crippen LogP contribution in [0, 0.1) is 13.8 Å². The first-order valence-corrected chi connectivity index (χ1v) is 8.10. The molecule has 14 heavy (non-hydrogen) atoms. The molecule has 4 heteroatoms. The van der Waals surface area contributed by atoms with Crippen LogP contribution in [0.5, 0.6) is 0 Å². The van der Waals surface area contributed by atoms with Crippen LogP contribution >= 0.6 is 44.3 Å². The second kappa shape index (κ2) is 4.75. The fraction of sp³-hybridized carbons (Fsp3) is 0.200. The first-order chi connectivity index (χ1) is 6.74. The van der Waals surface area contributed by atoms with E-state index < -0.39 is 0 Å². The zero-order valence-electron chi connectivity index (χ0n) is 7.94. The summed E-state index contributed by atoms with van der Waals surface area (Å²) in [6.45, 7) is 4.28. The summed E-state index contributed by atoms with van der Waals surface area (Å²) in [4.78, 5) is 0. The molecule has 2 heterocycles. The lowest BCUT2D eigenvalue weighted by Crippen LogP contribution is -1.57. The summed E-state index contributed by atoms with van der Waals surface area (Å²) in [5.41, 5.74) is 2.72. The highest BCUT2D eigenvalue weighted by Gasteiger charge is 2.01. The fourth-order valence-electron chi connectivity index (χ4n) is 0.979. The van der Waals surface area contributed by atoms with Crippen molar-refractivity contribution in [2.45, 2.75) is 22.3 Å². The molecule has 0 nitrogen and oxygen atoms in total. The highest BCUT2D eigenvalue weighted by molar-refractivity contribution is 8.77. The molecule has 0 radical (unpaired) electrons. The minimum atomic E-state index is 1.36. The molecule has 0 bridgehead atoms. The van der Waals surface area contributed by atoms with Gasteiger partial charge in [-0.25, -0.2) is 0 Å². The van der Waals surface area contributed by atoms with E-state index in [2.05, 4.69) is 36.7 Å². The van der Waals surface area contributed by atoms with Crippen LogP contribution in [0.3, 0.4) is 0 Å². The van der Waals surface area contributed by atoms with Crippen molar-refractivity contribution >= 4 is 44.3 Å². The van der Waals surface area contributed by atoms with Gasteiger partial charge in [0, 0.05) is 0 Å². The van der Waals surface area contributed by atoms with Crippen LogP contribution in [0.15, 0.2) is 31.3 Å². The van der Waals surface area contributed by atoms with E-state index in [1.54, 1.807) is 0 Å². The van der Waals surface area contributed by atoms with Gasteiger partial charge in [-0.05, 0) is 69.5 Å². The van der Waals surface area contributed by atoms with E-state index in [4.69, 9.17) is 0 Å². The average molecular weight is 258 g/mol. The Morgan fingerprint density at radius 3 is 1.57 bits per heavy atom. The maximum absolute atomic E-state index is 2.24. The van der Waals surface area contributed by atoms with Crippen molar-refractivity contribution in [3.8, 4) is 0 Å². The predicted molar refractivity (Wildman–Crippen MR) is 69.8 cm³/mol. The van der Waals surface area contributed by atoms with Crippen LogP contribution < -0.4 is 0 Å². The zero-order valence-corrected chi connectivity index (χ0v) is 11.2. The molecule has 74 valence electrons. The number of hydrogen-bond donors (Lipinski definition) is 0. The third kappa shape index (κ3) is 2.79. The van der Waals surface area contributed by atoms with Gasteiger partial charge in [-0.15, -0.1) is 22.7 Å². The molecule has 0 spiro atoms. The summed E-state index contributed by atoms with van der Waals surface area (Å²) in [5, 5.41) is 4.39. The first kappa shape index (κ1) is 10.6. The predicted octanol–water partition coefficient (Wildman–Crippen LogP) is 5.23. The summed E-state index contributed by atoms with van der Waals surface area (Å²) in [5.74, 6) is 0. The van der Waals surface area contributed by atoms with E-state index in [1.807, 2.05) is 44.3 Å². The highest BCUT2D eigenvalue weighted by Crippen LogP contribution is 2.42. The Balaban J connectivity index is 1.94. The van der Waals surface area contributed by atoms with E-state index in [9.17, 15) is 0 Å². The molecule has 0 unspecified atom stereocenters. The van der Waals surface area contributed by atoms with Crippen molar-refractivity contribution in [3.05, 3.63) is 34.0 Å². The first-order valence-electron chi connectivity index (χ1n) is 4.19. The third-order valence-electron chi connectivity index (χ3n) is 1.62. The molecule has 2 aromatic heterocycles. The molecular formula is C10H10S4. The van der Waals surface area contributed by atoms with Gasteiger partial charge in [-0.2, -0.15) is 0 Å². The molecule has 0 atom stereocenters. The summed E-state index contributed by atoms with van der Waals surface area (Å²) in [6, 6.07) is 4.48. The van der Waals surface area contributed by atoms with Crippen LogP contribution in [-0.2, 0) is 0 Å². The number of rotatable bonds is 3. The Morgan fingerprint density at radius 2 is 1.29 bits per heavy atom. The molecule has 0 saturated carbocycles. The van der Waals surface area contributed by atoms with Crippen LogP contribution in [0.2, 0.25) is 0 Å². The SMILES string of the molecule is Cc1csc(SSc2cc(C)cs2)c1. The maximum atomic E-state index is 2.24. The van der Waals surface area contributed by atoms with Gasteiger partial charge in [0.25, 0.3) is 0 Å². The molecule has 0 aromatic carbocycles. The van der Waals surface area contributed by atoms with Gasteiger partial charge in [0.05, 0.1) is 8.42 Å². The van der Waals surface area contributed by atoms with E-state index in [1.165, 1.54) is 19.5 Å². The van der Waals surface area contributed by atoms with Crippen molar-refractivity contribution in [1.82, 2.24) is 0 Å². The Bertz CT molecular complexity index is 373. The van der Waals surface area contributed by atoms with Gasteiger partial charge in [-0.1, -0.05) is 0 Å². The van der Waals surface area contributed by atoms with E-state index in [0.29, 0.717) is 0 Å². The van der Waals surface area contributed by atoms with E-state index in [-0.39, 0.29) is 0 Å². The van der Waals surface area contributed by atoms with Crippen molar-refractivity contribution in [2.75, 3.05) is 0 Å². The van der Waals surface area contributed by atoms with Crippen LogP contribution in [-0.4, -0.2) is 0 Å². The van der Waals surface area contributed by atoms with Gasteiger partial charge < -0.3 is 0 Å². The molecule has 2 rings (SSSR count). The third-order valence-corrected chi connectivity index (χ3v) is 6.98. The lowest BCUT2D eigenvalue weighted by molar-refractivity contribution is 1.51. The quantitative estimate of drug-likeness (QED) is 0.692. The summed E-state index contributed by atoms with van der Waals surface area (Å²) in [6.07, 6.45) is 0. The maximum Gasteiger partial charge on any atom is 0.0712 e. The number of aryl methyl sites for hydroxylation is 2. The summed E-state index contributed by atoms with van der Waals surface area (Å²) >= 11 is 3.64. The van der Waals surface area contributed by atoms with E-state index in [0.717, 1.165) is 0 Å². The Hall–Kier alpha value is 0.1000. The summed E-state index contributed by atoms with van der Waals surface area (Å²) in [7, 11) is 3.71. The number of hydrogen-bond acceptors (Lipinski definition) is 4. The Kier molecular flexibility index (Phi) is 3.60. The number of thiophene rings is 2. The van der Waals surface area contributed by atoms with Crippen LogP contribution in [0.25, 0.3) is 0 Å². The lowest BCUT2D eigenvalue weighted by atomic mass is 10.4. The normalized spacial score (nSPS) is 10.7. The largest absolute Gasteiger partial charge is 0.136 e. The molecule has 2 aromatic rings. The Labute approximate surface area is 100 Å². The topological polar surface area (TPSA) is 0 Å². The van der Waals surface area contributed by atoms with E-state index >= 15 is 0 Å². The summed E-state index contributed by atoms with van der Waals surface area (Å²) < 4.78 is 2.78. The Morgan fingerprint density at radius 1 is 0.857 bits per heavy atom. The molecule has 0 aliphatic carbocycles. The van der Waals surface area contributed by atoms with Crippen LogP contribution in [0.1, 0.15) is 11.1 Å². The van der Waals surface area contributed by atoms with Gasteiger partial charge in [0.2, 0.25) is 0 Å². The molecule has 0 aliphatic heterocycles. The molecule has 0 amide bonds. The van der Waals surface area contributed by atoms with Crippen molar-refractivity contribution in [1.29, 1.82) is 0 Å². The van der Waals surface area contributed by atoms with Gasteiger partial charge in [0.15, 0.2) is 0 Å². The highest BCUT2D eigenvalue weighted by atomic mass is 33.1. The molecule has 0 saturated heterocycles. The van der Waals surface area contributed by atoms with Gasteiger partial charge in [-0.3, -0.25) is 0 Å². The minimum absolute atomic E-state index is 1.36. The van der Waals surface area contributed by atoms with Gasteiger partial charge in [0.1, 0.15) is 0 Å². The van der Waals surface area contributed by atoms with Crippen LogP contribution in [0.4, 0.5) is 0 Å². The standard InChI is InChI=1S/C10H10S4/c1-7-3-9(11-5-7)13-14-10-4-8(2)6-12-10/h3-6H,1-2H3. The molecule has 0 fully saturated rings. The fourth-order valence-corrected chi connectivity index (χ4v) is 5.56. The molecule has 0 aliphatic rings. The molecular weight excluding hydrogens is 248 g/mol. The monoisotopic (exact) mass is 258 g/mol. The van der Waals surface area contributed by atoms with Gasteiger partial charge >= 0.3 is 0 Å². The average Bonchev–Trinajstić information content (AvgIpc) is 2.72. The second-order valence-electron chi connectivity index (χ2n) is 3.05. The zero-order chi connectivity index (χ0) is 9.97. The minimum Gasteiger partial charge on any atom is -0.136 e. The smallest absolute Gasteiger partial charge is 0.0712 e. The van der Waals surface area contributed by atoms with Crippen molar-refractivity contribution < 1.29 is 0 Å². The van der Waals surface area contributed by atoms with Crippen molar-refractivity contribution in [3.63, 3.8) is 0 Å². The lowest BCUT2D eigenvalue weighted by Gasteiger charge is -1.92. The van der Waals surface area contributed by atoms with Crippen molar-refractivity contribution in [2.24, 2.45) is 0 Å². The molecule has 0 N–H and O–H groups in total.